The first-order valence-corrected chi connectivity index (χ1v) is 4.80. The molecular weight excluding hydrogens is 274 g/mol. The molecule has 9 heteroatoms. The van der Waals surface area contributed by atoms with E-state index in [4.69, 9.17) is 0 Å². The molecule has 0 saturated carbocycles. The molecule has 1 aromatic rings. The number of carbonyl (C=O) groups excluding carboxylic acids is 1. The highest BCUT2D eigenvalue weighted by Crippen LogP contribution is 2.37. The fourth-order valence-corrected chi connectivity index (χ4v) is 1.28. The number of nitrogens with zero attached hydrogens (tertiary/aromatic N) is 1. The fourth-order valence-electron chi connectivity index (χ4n) is 1.28. The molecule has 1 aromatic heterocycles. The number of esters is 1. The summed E-state index contributed by atoms with van der Waals surface area (Å²) >= 11 is 0. The number of halogens is 4. The van der Waals surface area contributed by atoms with E-state index in [2.05, 4.69) is 19.2 Å². The van der Waals surface area contributed by atoms with Crippen LogP contribution in [0.2, 0.25) is 0 Å². The Balaban J connectivity index is 3.44. The largest absolute Gasteiger partial charge is 0.573 e. The van der Waals surface area contributed by atoms with Gasteiger partial charge in [-0.05, 0) is 0 Å². The molecule has 0 amide bonds. The van der Waals surface area contributed by atoms with Crippen LogP contribution in [0.15, 0.2) is 6.20 Å². The number of pyridine rings is 1. The molecule has 0 spiro atoms. The van der Waals surface area contributed by atoms with Crippen LogP contribution in [0.5, 0.6) is 11.5 Å². The smallest absolute Gasteiger partial charge is 0.492 e. The van der Waals surface area contributed by atoms with Crippen molar-refractivity contribution in [1.82, 2.24) is 4.98 Å². The summed E-state index contributed by atoms with van der Waals surface area (Å²) in [6, 6.07) is 0. The summed E-state index contributed by atoms with van der Waals surface area (Å²) < 4.78 is 62.1. The number of ether oxygens (including phenoxy) is 3. The molecule has 19 heavy (non-hydrogen) atoms. The van der Waals surface area contributed by atoms with Crippen molar-refractivity contribution < 1.29 is 36.6 Å². The number of carbonyl (C=O) groups is 1. The summed E-state index contributed by atoms with van der Waals surface area (Å²) in [4.78, 5) is 14.7. The van der Waals surface area contributed by atoms with Gasteiger partial charge in [-0.15, -0.1) is 13.2 Å². The lowest BCUT2D eigenvalue weighted by Gasteiger charge is -2.16. The standard InChI is InChI=1S/C10H9F4NO4/c1-17-7-5(3-11)4-15-6(9(16)18-2)8(7)19-10(12,13)14/h4H,3H2,1-2H3. The second-order valence-corrected chi connectivity index (χ2v) is 3.17. The average molecular weight is 283 g/mol. The van der Waals surface area contributed by atoms with Gasteiger partial charge >= 0.3 is 12.3 Å². The second-order valence-electron chi connectivity index (χ2n) is 3.17. The van der Waals surface area contributed by atoms with E-state index >= 15 is 0 Å². The highest BCUT2D eigenvalue weighted by Gasteiger charge is 2.36. The van der Waals surface area contributed by atoms with Gasteiger partial charge in [0, 0.05) is 11.8 Å². The minimum Gasteiger partial charge on any atom is -0.492 e. The van der Waals surface area contributed by atoms with Gasteiger partial charge in [0.1, 0.15) is 6.67 Å². The zero-order chi connectivity index (χ0) is 14.6. The van der Waals surface area contributed by atoms with Crippen LogP contribution >= 0.6 is 0 Å². The van der Waals surface area contributed by atoms with Crippen LogP contribution in [-0.2, 0) is 11.4 Å². The van der Waals surface area contributed by atoms with Crippen LogP contribution in [0, 0.1) is 0 Å². The molecule has 0 unspecified atom stereocenters. The van der Waals surface area contributed by atoms with Gasteiger partial charge in [-0.1, -0.05) is 0 Å². The minimum atomic E-state index is -5.09. The van der Waals surface area contributed by atoms with Crippen LogP contribution in [0.3, 0.4) is 0 Å². The third-order valence-electron chi connectivity index (χ3n) is 2.01. The highest BCUT2D eigenvalue weighted by atomic mass is 19.4. The van der Waals surface area contributed by atoms with E-state index in [1.807, 2.05) is 0 Å². The molecular formula is C10H9F4NO4. The SMILES string of the molecule is COC(=O)c1ncc(CF)c(OC)c1OC(F)(F)F. The number of methoxy groups -OCH3 is 2. The summed E-state index contributed by atoms with van der Waals surface area (Å²) in [5.74, 6) is -2.75. The van der Waals surface area contributed by atoms with E-state index in [-0.39, 0.29) is 5.56 Å². The summed E-state index contributed by atoms with van der Waals surface area (Å²) in [5.41, 5.74) is -1.04. The Morgan fingerprint density at radius 1 is 1.32 bits per heavy atom. The molecule has 0 aliphatic carbocycles. The van der Waals surface area contributed by atoms with E-state index in [0.717, 1.165) is 20.4 Å². The normalized spacial score (nSPS) is 11.1. The third kappa shape index (κ3) is 3.46. The van der Waals surface area contributed by atoms with E-state index in [1.165, 1.54) is 0 Å². The number of hydrogen-bond acceptors (Lipinski definition) is 5. The molecule has 1 rings (SSSR count). The zero-order valence-corrected chi connectivity index (χ0v) is 9.88. The minimum absolute atomic E-state index is 0.283. The second kappa shape index (κ2) is 5.72. The van der Waals surface area contributed by atoms with Crippen molar-refractivity contribution >= 4 is 5.97 Å². The van der Waals surface area contributed by atoms with Crippen LogP contribution < -0.4 is 9.47 Å². The molecule has 0 bridgehead atoms. The van der Waals surface area contributed by atoms with Gasteiger partial charge in [-0.2, -0.15) is 0 Å². The topological polar surface area (TPSA) is 57.7 Å². The van der Waals surface area contributed by atoms with Crippen molar-refractivity contribution in [3.8, 4) is 11.5 Å². The van der Waals surface area contributed by atoms with Gasteiger partial charge in [-0.25, -0.2) is 14.2 Å². The van der Waals surface area contributed by atoms with Crippen LogP contribution in [-0.4, -0.2) is 31.5 Å². The van der Waals surface area contributed by atoms with E-state index < -0.39 is 36.2 Å². The van der Waals surface area contributed by atoms with Crippen molar-refractivity contribution in [3.05, 3.63) is 17.5 Å². The van der Waals surface area contributed by atoms with Crippen molar-refractivity contribution in [2.45, 2.75) is 13.0 Å². The lowest BCUT2D eigenvalue weighted by molar-refractivity contribution is -0.275. The summed E-state index contributed by atoms with van der Waals surface area (Å²) in [6.07, 6.45) is -4.22. The van der Waals surface area contributed by atoms with Crippen LogP contribution in [0.1, 0.15) is 16.1 Å². The van der Waals surface area contributed by atoms with Gasteiger partial charge in [0.2, 0.25) is 5.75 Å². The zero-order valence-electron chi connectivity index (χ0n) is 9.88. The number of hydrogen-bond donors (Lipinski definition) is 0. The molecule has 0 radical (unpaired) electrons. The summed E-state index contributed by atoms with van der Waals surface area (Å²) in [5, 5.41) is 0. The fraction of sp³-hybridized carbons (Fsp3) is 0.400. The molecule has 0 N–H and O–H groups in total. The van der Waals surface area contributed by atoms with Crippen LogP contribution in [0.4, 0.5) is 17.6 Å². The molecule has 0 fully saturated rings. The lowest BCUT2D eigenvalue weighted by Crippen LogP contribution is -2.21. The van der Waals surface area contributed by atoms with Crippen LogP contribution in [0.25, 0.3) is 0 Å². The molecule has 1 heterocycles. The molecule has 106 valence electrons. The van der Waals surface area contributed by atoms with E-state index in [9.17, 15) is 22.4 Å². The summed E-state index contributed by atoms with van der Waals surface area (Å²) in [7, 11) is 1.97. The Kier molecular flexibility index (Phi) is 4.52. The maximum Gasteiger partial charge on any atom is 0.573 e. The first-order valence-electron chi connectivity index (χ1n) is 4.80. The maximum atomic E-state index is 12.6. The quantitative estimate of drug-likeness (QED) is 0.626. The maximum absolute atomic E-state index is 12.6. The number of alkyl halides is 4. The predicted molar refractivity (Wildman–Crippen MR) is 53.6 cm³/mol. The molecule has 0 atom stereocenters. The Hall–Kier alpha value is -2.06. The van der Waals surface area contributed by atoms with Crippen molar-refractivity contribution in [3.63, 3.8) is 0 Å². The molecule has 0 saturated heterocycles. The lowest BCUT2D eigenvalue weighted by atomic mass is 10.2. The highest BCUT2D eigenvalue weighted by molar-refractivity contribution is 5.91. The number of rotatable bonds is 4. The Bertz CT molecular complexity index is 475. The third-order valence-corrected chi connectivity index (χ3v) is 2.01. The summed E-state index contributed by atoms with van der Waals surface area (Å²) in [6.45, 7) is -1.13. The average Bonchev–Trinajstić information content (AvgIpc) is 2.35. The Morgan fingerprint density at radius 2 is 1.95 bits per heavy atom. The Labute approximate surface area is 105 Å². The van der Waals surface area contributed by atoms with Crippen molar-refractivity contribution in [2.75, 3.05) is 14.2 Å². The van der Waals surface area contributed by atoms with Crippen molar-refractivity contribution in [2.24, 2.45) is 0 Å². The first-order chi connectivity index (χ1) is 8.84. The monoisotopic (exact) mass is 283 g/mol. The number of aromatic nitrogens is 1. The van der Waals surface area contributed by atoms with Gasteiger partial charge in [0.15, 0.2) is 11.4 Å². The molecule has 0 aliphatic heterocycles. The van der Waals surface area contributed by atoms with E-state index in [1.54, 1.807) is 0 Å². The van der Waals surface area contributed by atoms with E-state index in [0.29, 0.717) is 0 Å². The van der Waals surface area contributed by atoms with Gasteiger partial charge in [-0.3, -0.25) is 0 Å². The molecule has 5 nitrogen and oxygen atoms in total. The van der Waals surface area contributed by atoms with Crippen molar-refractivity contribution in [1.29, 1.82) is 0 Å². The predicted octanol–water partition coefficient (Wildman–Crippen LogP) is 2.24. The molecule has 0 aromatic carbocycles. The Morgan fingerprint density at radius 3 is 2.37 bits per heavy atom. The first kappa shape index (κ1) is 15.0. The van der Waals surface area contributed by atoms with Gasteiger partial charge in [0.05, 0.1) is 14.2 Å². The molecule has 0 aliphatic rings. The van der Waals surface area contributed by atoms with Gasteiger partial charge in [0.25, 0.3) is 0 Å². The van der Waals surface area contributed by atoms with Gasteiger partial charge < -0.3 is 14.2 Å².